The van der Waals surface area contributed by atoms with E-state index < -0.39 is 6.10 Å². The van der Waals surface area contributed by atoms with Crippen molar-refractivity contribution in [3.63, 3.8) is 0 Å². The zero-order valence-corrected chi connectivity index (χ0v) is 13.6. The second-order valence-electron chi connectivity index (χ2n) is 5.83. The lowest BCUT2D eigenvalue weighted by atomic mass is 10.2. The van der Waals surface area contributed by atoms with Gasteiger partial charge in [-0.1, -0.05) is 6.07 Å². The summed E-state index contributed by atoms with van der Waals surface area (Å²) in [5.74, 6) is 0.0945. The van der Waals surface area contributed by atoms with Crippen LogP contribution in [0.25, 0.3) is 0 Å². The highest BCUT2D eigenvalue weighted by Crippen LogP contribution is 2.20. The minimum absolute atomic E-state index is 0.0945. The quantitative estimate of drug-likeness (QED) is 0.820. The van der Waals surface area contributed by atoms with E-state index in [2.05, 4.69) is 15.1 Å². The van der Waals surface area contributed by atoms with E-state index in [1.807, 2.05) is 31.4 Å². The van der Waals surface area contributed by atoms with Gasteiger partial charge in [-0.05, 0) is 25.3 Å². The first-order valence-corrected chi connectivity index (χ1v) is 8.38. The average Bonchev–Trinajstić information content (AvgIpc) is 2.94. The molecule has 1 aliphatic heterocycles. The number of thiophene rings is 1. The molecule has 2 rings (SSSR count). The van der Waals surface area contributed by atoms with Crippen LogP contribution >= 0.6 is 11.3 Å². The molecule has 0 spiro atoms. The molecule has 0 radical (unpaired) electrons. The maximum absolute atomic E-state index is 11.7. The van der Waals surface area contributed by atoms with Crippen LogP contribution in [-0.2, 0) is 4.79 Å². The molecule has 1 amide bonds. The molecule has 1 aromatic heterocycles. The van der Waals surface area contributed by atoms with Gasteiger partial charge in [-0.15, -0.1) is 11.3 Å². The van der Waals surface area contributed by atoms with E-state index in [1.165, 1.54) is 0 Å². The Morgan fingerprint density at radius 1 is 1.33 bits per heavy atom. The van der Waals surface area contributed by atoms with Gasteiger partial charge < -0.3 is 10.4 Å². The predicted molar refractivity (Wildman–Crippen MR) is 85.4 cm³/mol. The van der Waals surface area contributed by atoms with Crippen LogP contribution in [0.1, 0.15) is 24.8 Å². The fourth-order valence-electron chi connectivity index (χ4n) is 2.52. The molecule has 1 atom stereocenters. The summed E-state index contributed by atoms with van der Waals surface area (Å²) in [6, 6.07) is 4.13. The van der Waals surface area contributed by atoms with Gasteiger partial charge in [0.2, 0.25) is 5.91 Å². The molecule has 5 nitrogen and oxygen atoms in total. The molecule has 1 aliphatic rings. The van der Waals surface area contributed by atoms with Gasteiger partial charge in [0.1, 0.15) is 6.10 Å². The summed E-state index contributed by atoms with van der Waals surface area (Å²) < 4.78 is 0. The molecule has 0 aromatic carbocycles. The number of carbonyl (C=O) groups is 1. The molecule has 1 aromatic rings. The summed E-state index contributed by atoms with van der Waals surface area (Å²) in [6.45, 7) is 8.65. The van der Waals surface area contributed by atoms with Gasteiger partial charge in [0.05, 0.1) is 6.54 Å². The second-order valence-corrected chi connectivity index (χ2v) is 6.81. The molecule has 118 valence electrons. The van der Waals surface area contributed by atoms with Crippen LogP contribution in [0.4, 0.5) is 0 Å². The van der Waals surface area contributed by atoms with E-state index in [1.54, 1.807) is 11.3 Å². The molecule has 2 heterocycles. The largest absolute Gasteiger partial charge is 0.386 e. The smallest absolute Gasteiger partial charge is 0.234 e. The summed E-state index contributed by atoms with van der Waals surface area (Å²) in [5.41, 5.74) is 0. The van der Waals surface area contributed by atoms with Crippen molar-refractivity contribution in [2.45, 2.75) is 26.0 Å². The standard InChI is InChI=1S/C15H25N3O2S/c1-12(2)16-15(20)11-18-7-5-17(6-8-18)10-13(19)14-4-3-9-21-14/h3-4,9,12-13,19H,5-8,10-11H2,1-2H3,(H,16,20)/t13-/m0/s1. The number of carbonyl (C=O) groups excluding carboxylic acids is 1. The van der Waals surface area contributed by atoms with Crippen molar-refractivity contribution in [1.29, 1.82) is 0 Å². The van der Waals surface area contributed by atoms with Gasteiger partial charge >= 0.3 is 0 Å². The van der Waals surface area contributed by atoms with E-state index >= 15 is 0 Å². The number of hydrogen-bond donors (Lipinski definition) is 2. The van der Waals surface area contributed by atoms with Crippen LogP contribution in [0.3, 0.4) is 0 Å². The van der Waals surface area contributed by atoms with Gasteiger partial charge in [0.25, 0.3) is 0 Å². The SMILES string of the molecule is CC(C)NC(=O)CN1CCN(C[C@H](O)c2cccs2)CC1. The highest BCUT2D eigenvalue weighted by atomic mass is 32.1. The maximum atomic E-state index is 11.7. The average molecular weight is 311 g/mol. The number of amides is 1. The molecule has 6 heteroatoms. The molecule has 1 saturated heterocycles. The monoisotopic (exact) mass is 311 g/mol. The number of nitrogens with one attached hydrogen (secondary N) is 1. The van der Waals surface area contributed by atoms with Crippen LogP contribution in [0, 0.1) is 0 Å². The maximum Gasteiger partial charge on any atom is 0.234 e. The van der Waals surface area contributed by atoms with Gasteiger partial charge in [-0.25, -0.2) is 0 Å². The summed E-state index contributed by atoms with van der Waals surface area (Å²) >= 11 is 1.59. The van der Waals surface area contributed by atoms with Crippen LogP contribution in [-0.4, -0.2) is 66.1 Å². The fraction of sp³-hybridized carbons (Fsp3) is 0.667. The lowest BCUT2D eigenvalue weighted by Gasteiger charge is -2.35. The van der Waals surface area contributed by atoms with E-state index in [4.69, 9.17) is 0 Å². The molecule has 0 unspecified atom stereocenters. The van der Waals surface area contributed by atoms with Crippen molar-refractivity contribution < 1.29 is 9.90 Å². The molecule has 0 bridgehead atoms. The lowest BCUT2D eigenvalue weighted by molar-refractivity contribution is -0.123. The molecule has 0 aliphatic carbocycles. The first-order chi connectivity index (χ1) is 10.0. The normalized spacial score (nSPS) is 18.9. The third kappa shape index (κ3) is 5.39. The van der Waals surface area contributed by atoms with Crippen molar-refractivity contribution in [2.75, 3.05) is 39.3 Å². The number of aliphatic hydroxyl groups excluding tert-OH is 1. The lowest BCUT2D eigenvalue weighted by Crippen LogP contribution is -2.50. The second kappa shape index (κ2) is 7.89. The van der Waals surface area contributed by atoms with E-state index in [0.29, 0.717) is 13.1 Å². The Hall–Kier alpha value is -0.950. The van der Waals surface area contributed by atoms with Crippen molar-refractivity contribution in [3.05, 3.63) is 22.4 Å². The van der Waals surface area contributed by atoms with E-state index in [-0.39, 0.29) is 11.9 Å². The Bertz CT molecular complexity index is 428. The number of aliphatic hydroxyl groups is 1. The molecular formula is C15H25N3O2S. The Balaban J connectivity index is 1.69. The summed E-state index contributed by atoms with van der Waals surface area (Å²) in [6.07, 6.45) is -0.402. The number of piperazine rings is 1. The van der Waals surface area contributed by atoms with Crippen LogP contribution in [0.15, 0.2) is 17.5 Å². The summed E-state index contributed by atoms with van der Waals surface area (Å²) in [7, 11) is 0. The zero-order valence-electron chi connectivity index (χ0n) is 12.8. The summed E-state index contributed by atoms with van der Waals surface area (Å²) in [5, 5.41) is 15.1. The Morgan fingerprint density at radius 3 is 2.57 bits per heavy atom. The highest BCUT2D eigenvalue weighted by Gasteiger charge is 2.21. The van der Waals surface area contributed by atoms with E-state index in [0.717, 1.165) is 31.1 Å². The van der Waals surface area contributed by atoms with Crippen molar-refractivity contribution in [2.24, 2.45) is 0 Å². The van der Waals surface area contributed by atoms with Gasteiger partial charge in [-0.3, -0.25) is 14.6 Å². The third-order valence-electron chi connectivity index (χ3n) is 3.58. The van der Waals surface area contributed by atoms with E-state index in [9.17, 15) is 9.90 Å². The van der Waals surface area contributed by atoms with Crippen molar-refractivity contribution >= 4 is 17.2 Å². The topological polar surface area (TPSA) is 55.8 Å². The minimum atomic E-state index is -0.402. The number of β-amino-alcohol motifs (C(OH)–C–C–N with tert-alkyl or cyclic N) is 1. The van der Waals surface area contributed by atoms with Crippen LogP contribution in [0.2, 0.25) is 0 Å². The van der Waals surface area contributed by atoms with Gasteiger partial charge in [-0.2, -0.15) is 0 Å². The van der Waals surface area contributed by atoms with Gasteiger partial charge in [0, 0.05) is 43.6 Å². The molecule has 0 saturated carbocycles. The Labute approximate surface area is 130 Å². The number of rotatable bonds is 6. The van der Waals surface area contributed by atoms with Crippen LogP contribution < -0.4 is 5.32 Å². The fourth-order valence-corrected chi connectivity index (χ4v) is 3.22. The number of hydrogen-bond acceptors (Lipinski definition) is 5. The van der Waals surface area contributed by atoms with Crippen molar-refractivity contribution in [3.8, 4) is 0 Å². The minimum Gasteiger partial charge on any atom is -0.386 e. The molecule has 2 N–H and O–H groups in total. The molecule has 21 heavy (non-hydrogen) atoms. The first-order valence-electron chi connectivity index (χ1n) is 7.50. The predicted octanol–water partition coefficient (Wildman–Crippen LogP) is 0.924. The Kier molecular flexibility index (Phi) is 6.17. The van der Waals surface area contributed by atoms with Crippen LogP contribution in [0.5, 0.6) is 0 Å². The zero-order chi connectivity index (χ0) is 15.2. The molecular weight excluding hydrogens is 286 g/mol. The highest BCUT2D eigenvalue weighted by molar-refractivity contribution is 7.10. The van der Waals surface area contributed by atoms with Crippen molar-refractivity contribution in [1.82, 2.24) is 15.1 Å². The van der Waals surface area contributed by atoms with Gasteiger partial charge in [0.15, 0.2) is 0 Å². The third-order valence-corrected chi connectivity index (χ3v) is 4.56. The first kappa shape index (κ1) is 16.4. The Morgan fingerprint density at radius 2 is 2.00 bits per heavy atom. The molecule has 1 fully saturated rings. The number of nitrogens with zero attached hydrogens (tertiary/aromatic N) is 2. The summed E-state index contributed by atoms with van der Waals surface area (Å²) in [4.78, 5) is 17.2.